The van der Waals surface area contributed by atoms with E-state index < -0.39 is 22.5 Å². The van der Waals surface area contributed by atoms with Crippen molar-refractivity contribution in [2.24, 2.45) is 0 Å². The number of rotatable bonds is 17. The Hall–Kier alpha value is -12.9. The van der Waals surface area contributed by atoms with Crippen molar-refractivity contribution in [3.63, 3.8) is 0 Å². The molecular formula is C95H102FN17O12. The first kappa shape index (κ1) is 84.3. The van der Waals surface area contributed by atoms with Crippen LogP contribution in [0.15, 0.2) is 183 Å². The zero-order valence-corrected chi connectivity index (χ0v) is 72.0. The van der Waals surface area contributed by atoms with Crippen molar-refractivity contribution >= 4 is 72.2 Å². The molecule has 0 amide bonds. The minimum Gasteiger partial charge on any atom is -0.490 e. The lowest BCUT2D eigenvalue weighted by Gasteiger charge is -2.41. The predicted octanol–water partition coefficient (Wildman–Crippen LogP) is 14.2. The molecule has 4 aromatic carbocycles. The Bertz CT molecular complexity index is 6950. The molecule has 0 aliphatic carbocycles. The van der Waals surface area contributed by atoms with Crippen molar-refractivity contribution in [2.45, 2.75) is 139 Å². The summed E-state index contributed by atoms with van der Waals surface area (Å²) in [5.41, 5.74) is 15.2. The summed E-state index contributed by atoms with van der Waals surface area (Å²) in [4.78, 5) is 96.6. The fourth-order valence-electron chi connectivity index (χ4n) is 17.3. The highest BCUT2D eigenvalue weighted by atomic mass is 19.1. The number of aliphatic hydroxyl groups excluding tert-OH is 1. The van der Waals surface area contributed by atoms with Gasteiger partial charge in [-0.3, -0.25) is 29.2 Å². The van der Waals surface area contributed by atoms with Crippen LogP contribution in [0.2, 0.25) is 0 Å². The number of fused-ring (bicyclic) bond motifs is 8. The van der Waals surface area contributed by atoms with Crippen LogP contribution in [0.5, 0.6) is 17.2 Å². The van der Waals surface area contributed by atoms with Crippen LogP contribution in [-0.2, 0) is 0 Å². The number of hydrogen-bond donors (Lipinski definition) is 2. The maximum atomic E-state index is 12.9. The highest BCUT2D eigenvalue weighted by Gasteiger charge is 2.28. The van der Waals surface area contributed by atoms with E-state index in [-0.39, 0.29) is 31.6 Å². The van der Waals surface area contributed by atoms with Gasteiger partial charge in [0.1, 0.15) is 57.9 Å². The van der Waals surface area contributed by atoms with Crippen LogP contribution in [0.1, 0.15) is 104 Å². The molecule has 12 aromatic heterocycles. The third kappa shape index (κ3) is 18.8. The van der Waals surface area contributed by atoms with Crippen LogP contribution in [0.3, 0.4) is 0 Å². The van der Waals surface area contributed by atoms with Gasteiger partial charge in [0.2, 0.25) is 0 Å². The molecule has 4 fully saturated rings. The smallest absolute Gasteiger partial charge is 0.345 e. The Balaban J connectivity index is 0.000000118. The number of aryl methyl sites for hydroxylation is 8. The Labute approximate surface area is 718 Å². The Kier molecular flexibility index (Phi) is 24.6. The molecule has 20 rings (SSSR count). The van der Waals surface area contributed by atoms with Gasteiger partial charge in [0, 0.05) is 166 Å². The summed E-state index contributed by atoms with van der Waals surface area (Å²) in [6.07, 6.45) is 21.8. The summed E-state index contributed by atoms with van der Waals surface area (Å²) in [5, 5.41) is 15.7. The quantitative estimate of drug-likeness (QED) is 0.0800. The standard InChI is InChI=1S/C25H28FN5O2.C24H26N4O4.C24H26N4O3.C22H22N4O3/c1-16-13-31-15-22(28-24(31)18(3)27-16)21-11-19-5-6-20(12-23(19)33-25(21)32)30-10-9-29(8-4-7-26)17(2)14-30;1-15-13-28-14-21(26-23(28)16(2)25-15)20-11-17-3-4-19(12-22(17)32-24(20)30)31-18-5-7-27(8-6-18)9-10-29;1-4-27-9-7-18(8-10-27)30-19-6-5-17-11-20(24(29)31-22(17)12-19)21-14-28-13-15(2)25-16(3)23(28)26-21;1-13-11-26-12-19(25-21(26)14(2)24-13)18-9-15-3-4-17(10-20(15)29-22(18)27)28-16-5-7-23-8-6-16/h5-6,11-13,15,17H,4,7-10,14H2,1-3H3;3-4,11-14,18,29H,5-10H2,1-2H3;5-6,11-14,18H,4,7-10H2,1-3H3;3-4,9-12,16,23H,5-8H2,1-2H3/t17-;;;/m0.../s1. The van der Waals surface area contributed by atoms with Crippen LogP contribution in [0.25, 0.3) is 111 Å². The number of nitrogens with zero attached hydrogens (tertiary/aromatic N) is 16. The number of β-amino-alcohol motifs (C(OH)–C–C–N with tert-alkyl or cyclic N) is 1. The van der Waals surface area contributed by atoms with Gasteiger partial charge in [-0.1, -0.05) is 6.92 Å². The van der Waals surface area contributed by atoms with E-state index in [2.05, 4.69) is 84.7 Å². The summed E-state index contributed by atoms with van der Waals surface area (Å²) < 4.78 is 61.1. The first-order chi connectivity index (χ1) is 60.5. The molecule has 4 aliphatic rings. The Morgan fingerprint density at radius 1 is 0.416 bits per heavy atom. The average Bonchev–Trinajstić information content (AvgIpc) is 1.68. The molecule has 0 unspecified atom stereocenters. The molecule has 16 heterocycles. The van der Waals surface area contributed by atoms with Gasteiger partial charge in [-0.25, -0.2) is 39.1 Å². The Morgan fingerprint density at radius 3 is 1.10 bits per heavy atom. The van der Waals surface area contributed by atoms with Gasteiger partial charge in [-0.2, -0.15) is 0 Å². The number of ether oxygens (including phenoxy) is 3. The topological polar surface area (TPSA) is 315 Å². The number of nitrogens with one attached hydrogen (secondary N) is 1. The van der Waals surface area contributed by atoms with Crippen molar-refractivity contribution in [1.29, 1.82) is 0 Å². The van der Waals surface area contributed by atoms with Crippen molar-refractivity contribution < 1.29 is 41.4 Å². The van der Waals surface area contributed by atoms with Gasteiger partial charge >= 0.3 is 22.5 Å². The number of imidazole rings is 4. The van der Waals surface area contributed by atoms with Gasteiger partial charge < -0.3 is 74.6 Å². The van der Waals surface area contributed by atoms with Crippen LogP contribution in [-0.4, -0.2) is 193 Å². The minimum atomic E-state index is -0.433. The highest BCUT2D eigenvalue weighted by Crippen LogP contribution is 2.34. The monoisotopic (exact) mass is 1690 g/mol. The van der Waals surface area contributed by atoms with E-state index in [0.717, 1.165) is 217 Å². The van der Waals surface area contributed by atoms with Gasteiger partial charge in [0.05, 0.1) is 104 Å². The fourth-order valence-corrected chi connectivity index (χ4v) is 17.3. The third-order valence-electron chi connectivity index (χ3n) is 23.7. The first-order valence-corrected chi connectivity index (χ1v) is 43.0. The average molecular weight is 1690 g/mol. The molecule has 29 nitrogen and oxygen atoms in total. The van der Waals surface area contributed by atoms with E-state index in [4.69, 9.17) is 37.0 Å². The van der Waals surface area contributed by atoms with E-state index in [1.807, 2.05) is 201 Å². The number of aromatic nitrogens is 12. The lowest BCUT2D eigenvalue weighted by molar-refractivity contribution is 0.0889. The third-order valence-corrected chi connectivity index (χ3v) is 23.7. The maximum absolute atomic E-state index is 12.9. The van der Waals surface area contributed by atoms with Crippen LogP contribution >= 0.6 is 0 Å². The second kappa shape index (κ2) is 36.5. The van der Waals surface area contributed by atoms with Crippen molar-refractivity contribution in [2.75, 3.05) is 96.7 Å². The highest BCUT2D eigenvalue weighted by molar-refractivity contribution is 5.87. The first-order valence-electron chi connectivity index (χ1n) is 43.0. The largest absolute Gasteiger partial charge is 0.490 e. The second-order valence-electron chi connectivity index (χ2n) is 33.0. The summed E-state index contributed by atoms with van der Waals surface area (Å²) in [6, 6.07) is 30.6. The number of alkyl halides is 1. The molecule has 1 atom stereocenters. The molecule has 0 saturated carbocycles. The molecule has 125 heavy (non-hydrogen) atoms. The molecule has 2 N–H and O–H groups in total. The molecule has 4 aliphatic heterocycles. The number of anilines is 1. The van der Waals surface area contributed by atoms with E-state index in [1.54, 1.807) is 12.1 Å². The number of aliphatic hydroxyl groups is 1. The molecule has 30 heteroatoms. The minimum absolute atomic E-state index is 0.117. The number of halogens is 1. The molecular weight excluding hydrogens is 1590 g/mol. The number of piperazine rings is 1. The fraction of sp³-hybridized carbons (Fsp3) is 0.368. The number of benzene rings is 4. The number of piperidine rings is 3. The van der Waals surface area contributed by atoms with E-state index in [1.165, 1.54) is 0 Å². The van der Waals surface area contributed by atoms with Crippen molar-refractivity contribution in [1.82, 2.24) is 77.5 Å². The predicted molar refractivity (Wildman–Crippen MR) is 479 cm³/mol. The lowest BCUT2D eigenvalue weighted by Crippen LogP contribution is -2.52. The van der Waals surface area contributed by atoms with Crippen molar-refractivity contribution in [3.8, 4) is 62.3 Å². The zero-order chi connectivity index (χ0) is 86.8. The normalized spacial score (nSPS) is 16.0. The van der Waals surface area contributed by atoms with Crippen LogP contribution in [0.4, 0.5) is 10.1 Å². The van der Waals surface area contributed by atoms with E-state index in [0.29, 0.717) is 92.1 Å². The zero-order valence-electron chi connectivity index (χ0n) is 72.0. The van der Waals surface area contributed by atoms with E-state index >= 15 is 0 Å². The molecule has 646 valence electrons. The molecule has 0 bridgehead atoms. The van der Waals surface area contributed by atoms with Crippen LogP contribution in [0, 0.1) is 55.4 Å². The summed E-state index contributed by atoms with van der Waals surface area (Å²) in [6.45, 7) is 30.7. The number of likely N-dealkylation sites (tertiary alicyclic amines) is 2. The Morgan fingerprint density at radius 2 is 0.760 bits per heavy atom. The molecule has 0 spiro atoms. The maximum Gasteiger partial charge on any atom is 0.345 e. The van der Waals surface area contributed by atoms with Gasteiger partial charge in [-0.05, 0) is 200 Å². The van der Waals surface area contributed by atoms with Crippen molar-refractivity contribution in [3.05, 3.63) is 234 Å². The molecule has 16 aromatic rings. The van der Waals surface area contributed by atoms with Crippen LogP contribution < -0.4 is 46.9 Å². The SMILES string of the molecule is CCN1CCC(Oc2ccc3cc(-c4cn5cc(C)nc(C)c5n4)c(=O)oc3c2)CC1.Cc1cn2cc(-c3cc4ccc(N5CCN(CCCF)[C@@H](C)C5)cc4oc3=O)nc2c(C)n1.Cc1cn2cc(-c3cc4ccc(OC5CCN(CCO)CC5)cc4oc3=O)nc2c(C)n1.Cc1cn2cc(-c3cc4ccc(OC5CCNCC5)cc4oc3=O)nc2c(C)n1. The molecule has 0 radical (unpaired) electrons. The van der Waals surface area contributed by atoms with E-state index in [9.17, 15) is 23.6 Å². The molecule has 4 saturated heterocycles. The lowest BCUT2D eigenvalue weighted by atomic mass is 10.1. The summed E-state index contributed by atoms with van der Waals surface area (Å²) >= 11 is 0. The van der Waals surface area contributed by atoms with Gasteiger partial charge in [0.25, 0.3) is 0 Å². The second-order valence-corrected chi connectivity index (χ2v) is 33.0. The summed E-state index contributed by atoms with van der Waals surface area (Å²) in [7, 11) is 0. The number of hydrogen-bond acceptors (Lipinski definition) is 25. The summed E-state index contributed by atoms with van der Waals surface area (Å²) in [5.74, 6) is 2.16. The van der Waals surface area contributed by atoms with Gasteiger partial charge in [0.15, 0.2) is 22.6 Å². The van der Waals surface area contributed by atoms with Gasteiger partial charge in [-0.15, -0.1) is 0 Å².